The quantitative estimate of drug-likeness (QED) is 0.871. The zero-order valence-electron chi connectivity index (χ0n) is 13.1. The van der Waals surface area contributed by atoms with Crippen LogP contribution in [-0.2, 0) is 0 Å². The minimum absolute atomic E-state index is 0.00965. The predicted octanol–water partition coefficient (Wildman–Crippen LogP) is 2.42. The van der Waals surface area contributed by atoms with E-state index in [1.165, 1.54) is 0 Å². The molecule has 0 radical (unpaired) electrons. The van der Waals surface area contributed by atoms with Gasteiger partial charge in [-0.15, -0.1) is 0 Å². The Morgan fingerprint density at radius 3 is 2.91 bits per heavy atom. The van der Waals surface area contributed by atoms with Crippen molar-refractivity contribution in [2.45, 2.75) is 25.8 Å². The Morgan fingerprint density at radius 2 is 2.27 bits per heavy atom. The number of aryl methyl sites for hydroxylation is 1. The molecule has 0 aliphatic carbocycles. The number of amides is 1. The largest absolute Gasteiger partial charge is 0.467 e. The summed E-state index contributed by atoms with van der Waals surface area (Å²) in [5.74, 6) is 1.43. The lowest BCUT2D eigenvalue weighted by Gasteiger charge is -2.24. The molecule has 1 atom stereocenters. The second-order valence-electron chi connectivity index (χ2n) is 5.74. The van der Waals surface area contributed by atoms with Crippen LogP contribution >= 0.6 is 0 Å². The minimum Gasteiger partial charge on any atom is -0.467 e. The Balaban J connectivity index is 1.87. The molecule has 6 nitrogen and oxygen atoms in total. The summed E-state index contributed by atoms with van der Waals surface area (Å²) < 4.78 is 5.48. The standard InChI is InChI=1S/C16H20N4O2/c1-11-12(10-17-16(18-11)19(2)3)15(21)20-8-4-6-13(20)14-7-5-9-22-14/h5,7,9-10,13H,4,6,8H2,1-3H3/t13-/m1/s1. The Kier molecular flexibility index (Phi) is 3.83. The van der Waals surface area contributed by atoms with Gasteiger partial charge in [0.15, 0.2) is 0 Å². The molecule has 116 valence electrons. The molecule has 1 saturated heterocycles. The molecule has 3 heterocycles. The lowest BCUT2D eigenvalue weighted by molar-refractivity contribution is 0.0718. The summed E-state index contributed by atoms with van der Waals surface area (Å²) in [6, 6.07) is 3.79. The van der Waals surface area contributed by atoms with Crippen LogP contribution in [0.3, 0.4) is 0 Å². The van der Waals surface area contributed by atoms with Crippen molar-refractivity contribution in [2.75, 3.05) is 25.5 Å². The number of carbonyl (C=O) groups excluding carboxylic acids is 1. The summed E-state index contributed by atoms with van der Waals surface area (Å²) in [6.07, 6.45) is 5.18. The number of likely N-dealkylation sites (tertiary alicyclic amines) is 1. The summed E-state index contributed by atoms with van der Waals surface area (Å²) in [7, 11) is 3.76. The maximum absolute atomic E-state index is 12.8. The zero-order chi connectivity index (χ0) is 15.7. The molecule has 6 heteroatoms. The van der Waals surface area contributed by atoms with E-state index in [9.17, 15) is 4.79 Å². The van der Waals surface area contributed by atoms with Crippen LogP contribution in [0.2, 0.25) is 0 Å². The first kappa shape index (κ1) is 14.6. The van der Waals surface area contributed by atoms with Gasteiger partial charge in [0.25, 0.3) is 5.91 Å². The van der Waals surface area contributed by atoms with E-state index in [0.717, 1.165) is 25.1 Å². The van der Waals surface area contributed by atoms with Crippen LogP contribution in [0.5, 0.6) is 0 Å². The fraction of sp³-hybridized carbons (Fsp3) is 0.438. The van der Waals surface area contributed by atoms with Crippen molar-refractivity contribution in [1.29, 1.82) is 0 Å². The molecular formula is C16H20N4O2. The SMILES string of the molecule is Cc1nc(N(C)C)ncc1C(=O)N1CCC[C@@H]1c1ccco1. The number of anilines is 1. The van der Waals surface area contributed by atoms with Crippen molar-refractivity contribution in [3.05, 3.63) is 41.6 Å². The van der Waals surface area contributed by atoms with Gasteiger partial charge in [-0.3, -0.25) is 4.79 Å². The van der Waals surface area contributed by atoms with E-state index in [1.807, 2.05) is 43.0 Å². The number of nitrogens with zero attached hydrogens (tertiary/aromatic N) is 4. The Morgan fingerprint density at radius 1 is 1.45 bits per heavy atom. The van der Waals surface area contributed by atoms with Gasteiger partial charge in [-0.05, 0) is 31.9 Å². The summed E-state index contributed by atoms with van der Waals surface area (Å²) in [5.41, 5.74) is 1.26. The third kappa shape index (κ3) is 2.56. The maximum Gasteiger partial charge on any atom is 0.257 e. The molecule has 2 aromatic heterocycles. The van der Waals surface area contributed by atoms with Gasteiger partial charge in [0.1, 0.15) is 5.76 Å². The number of hydrogen-bond donors (Lipinski definition) is 0. The summed E-state index contributed by atoms with van der Waals surface area (Å²) in [5, 5.41) is 0. The third-order valence-corrected chi connectivity index (χ3v) is 3.98. The summed E-state index contributed by atoms with van der Waals surface area (Å²) in [6.45, 7) is 2.58. The van der Waals surface area contributed by atoms with Crippen LogP contribution in [0.1, 0.15) is 40.7 Å². The second kappa shape index (κ2) is 5.79. The normalized spacial score (nSPS) is 17.8. The van der Waals surface area contributed by atoms with Gasteiger partial charge in [0.05, 0.1) is 23.6 Å². The molecule has 1 fully saturated rings. The van der Waals surface area contributed by atoms with Crippen LogP contribution in [0, 0.1) is 6.92 Å². The van der Waals surface area contributed by atoms with E-state index in [2.05, 4.69) is 9.97 Å². The molecule has 0 bridgehead atoms. The molecule has 22 heavy (non-hydrogen) atoms. The molecule has 0 unspecified atom stereocenters. The van der Waals surface area contributed by atoms with Crippen LogP contribution in [0.4, 0.5) is 5.95 Å². The van der Waals surface area contributed by atoms with Gasteiger partial charge in [0, 0.05) is 26.8 Å². The van der Waals surface area contributed by atoms with E-state index in [-0.39, 0.29) is 11.9 Å². The number of aromatic nitrogens is 2. The van der Waals surface area contributed by atoms with E-state index in [1.54, 1.807) is 12.5 Å². The van der Waals surface area contributed by atoms with E-state index < -0.39 is 0 Å². The lowest BCUT2D eigenvalue weighted by Crippen LogP contribution is -2.31. The Labute approximate surface area is 129 Å². The van der Waals surface area contributed by atoms with Gasteiger partial charge in [-0.2, -0.15) is 0 Å². The molecule has 0 N–H and O–H groups in total. The molecule has 2 aromatic rings. The van der Waals surface area contributed by atoms with Crippen LogP contribution in [0.15, 0.2) is 29.0 Å². The zero-order valence-corrected chi connectivity index (χ0v) is 13.1. The third-order valence-electron chi connectivity index (χ3n) is 3.98. The number of furan rings is 1. The average molecular weight is 300 g/mol. The molecule has 1 aliphatic heterocycles. The molecule has 0 aromatic carbocycles. The lowest BCUT2D eigenvalue weighted by atomic mass is 10.1. The maximum atomic E-state index is 12.8. The molecule has 1 amide bonds. The van der Waals surface area contributed by atoms with Crippen molar-refractivity contribution in [3.63, 3.8) is 0 Å². The number of hydrogen-bond acceptors (Lipinski definition) is 5. The van der Waals surface area contributed by atoms with E-state index in [4.69, 9.17) is 4.42 Å². The van der Waals surface area contributed by atoms with Gasteiger partial charge in [-0.1, -0.05) is 0 Å². The van der Waals surface area contributed by atoms with Gasteiger partial charge in [-0.25, -0.2) is 9.97 Å². The summed E-state index contributed by atoms with van der Waals surface area (Å²) in [4.78, 5) is 25.2. The Hall–Kier alpha value is -2.37. The monoisotopic (exact) mass is 300 g/mol. The molecule has 3 rings (SSSR count). The topological polar surface area (TPSA) is 62.5 Å². The van der Waals surface area contributed by atoms with Crippen molar-refractivity contribution < 1.29 is 9.21 Å². The molecular weight excluding hydrogens is 280 g/mol. The van der Waals surface area contributed by atoms with E-state index in [0.29, 0.717) is 17.2 Å². The highest BCUT2D eigenvalue weighted by atomic mass is 16.3. The fourth-order valence-corrected chi connectivity index (χ4v) is 2.82. The number of carbonyl (C=O) groups is 1. The van der Waals surface area contributed by atoms with Crippen molar-refractivity contribution in [1.82, 2.24) is 14.9 Å². The van der Waals surface area contributed by atoms with Crippen molar-refractivity contribution >= 4 is 11.9 Å². The summed E-state index contributed by atoms with van der Waals surface area (Å²) >= 11 is 0. The highest BCUT2D eigenvalue weighted by Gasteiger charge is 2.33. The first-order valence-corrected chi connectivity index (χ1v) is 7.43. The average Bonchev–Trinajstić information content (AvgIpc) is 3.16. The molecule has 1 aliphatic rings. The van der Waals surface area contributed by atoms with Crippen LogP contribution in [-0.4, -0.2) is 41.4 Å². The minimum atomic E-state index is -0.0262. The molecule has 0 spiro atoms. The molecule has 0 saturated carbocycles. The smallest absolute Gasteiger partial charge is 0.257 e. The van der Waals surface area contributed by atoms with Crippen molar-refractivity contribution in [2.24, 2.45) is 0 Å². The highest BCUT2D eigenvalue weighted by Crippen LogP contribution is 2.33. The Bertz CT molecular complexity index is 667. The van der Waals surface area contributed by atoms with Gasteiger partial charge >= 0.3 is 0 Å². The number of rotatable bonds is 3. The van der Waals surface area contributed by atoms with Gasteiger partial charge in [0.2, 0.25) is 5.95 Å². The van der Waals surface area contributed by atoms with Gasteiger partial charge < -0.3 is 14.2 Å². The van der Waals surface area contributed by atoms with Crippen LogP contribution < -0.4 is 4.90 Å². The van der Waals surface area contributed by atoms with Crippen LogP contribution in [0.25, 0.3) is 0 Å². The van der Waals surface area contributed by atoms with Crippen molar-refractivity contribution in [3.8, 4) is 0 Å². The van der Waals surface area contributed by atoms with E-state index >= 15 is 0 Å². The first-order valence-electron chi connectivity index (χ1n) is 7.43. The highest BCUT2D eigenvalue weighted by molar-refractivity contribution is 5.95. The predicted molar refractivity (Wildman–Crippen MR) is 82.8 cm³/mol. The fourth-order valence-electron chi connectivity index (χ4n) is 2.82. The second-order valence-corrected chi connectivity index (χ2v) is 5.74. The first-order chi connectivity index (χ1) is 10.6.